The molecule has 0 aliphatic rings. The Balaban J connectivity index is 4.49. The summed E-state index contributed by atoms with van der Waals surface area (Å²) in [5.74, 6) is -0.888. The standard InChI is InChI=1S/C43H76NO8P/c1-6-8-10-12-14-16-18-20-21-22-23-24-26-28-30-32-34-36-43(46)52-41(40-51-53(47,48)50-38-37-44(3,4)5)39-49-42(45)35-33-31-29-27-25-19-17-15-13-11-9-7-2/h10,12,15-18,21-22,24,26,41H,6-9,11,13-14,19-20,23,25,27-40H2,1-5H3/b12-10+,17-15+,18-16+,22-21+,26-24+/t41-/m1/s1. The monoisotopic (exact) mass is 766 g/mol. The molecule has 0 aliphatic carbocycles. The van der Waals surface area contributed by atoms with Crippen LogP contribution in [0.15, 0.2) is 60.8 Å². The molecule has 0 saturated carbocycles. The third kappa shape index (κ3) is 39.2. The highest BCUT2D eigenvalue weighted by Crippen LogP contribution is 2.38. The number of esters is 2. The van der Waals surface area contributed by atoms with Crippen LogP contribution in [0.5, 0.6) is 0 Å². The fourth-order valence-corrected chi connectivity index (χ4v) is 5.72. The molecule has 0 aromatic rings. The van der Waals surface area contributed by atoms with Crippen LogP contribution in [0.1, 0.15) is 149 Å². The molecule has 9 nitrogen and oxygen atoms in total. The zero-order chi connectivity index (χ0) is 39.3. The van der Waals surface area contributed by atoms with E-state index in [0.717, 1.165) is 83.5 Å². The summed E-state index contributed by atoms with van der Waals surface area (Å²) < 4.78 is 33.8. The van der Waals surface area contributed by atoms with Gasteiger partial charge in [0, 0.05) is 12.8 Å². The topological polar surface area (TPSA) is 111 Å². The molecule has 0 amide bonds. The number of likely N-dealkylation sites (N-methyl/N-ethyl adjacent to an activating group) is 1. The maximum absolute atomic E-state index is 12.6. The lowest BCUT2D eigenvalue weighted by atomic mass is 10.1. The molecular weight excluding hydrogens is 689 g/mol. The van der Waals surface area contributed by atoms with E-state index in [-0.39, 0.29) is 26.1 Å². The van der Waals surface area contributed by atoms with Gasteiger partial charge in [0.05, 0.1) is 27.7 Å². The van der Waals surface area contributed by atoms with Gasteiger partial charge in [-0.05, 0) is 77.0 Å². The van der Waals surface area contributed by atoms with Gasteiger partial charge >= 0.3 is 11.9 Å². The van der Waals surface area contributed by atoms with E-state index in [1.54, 1.807) is 0 Å². The molecule has 0 rings (SSSR count). The molecule has 0 aromatic carbocycles. The molecule has 0 heterocycles. The number of carbonyl (C=O) groups is 2. The SMILES string of the molecule is CCC/C=C/C/C=C/C/C=C/C/C=C/CCCCCC(=O)O[C@H](COC(=O)CCCCCCC/C=C/CCCCC)COP(=O)([O-])OCC[N+](C)(C)C. The molecule has 10 heteroatoms. The van der Waals surface area contributed by atoms with E-state index in [4.69, 9.17) is 18.5 Å². The molecule has 2 atom stereocenters. The average Bonchev–Trinajstić information content (AvgIpc) is 3.10. The number of hydrogen-bond donors (Lipinski definition) is 0. The average molecular weight is 766 g/mol. The molecule has 0 fully saturated rings. The second-order valence-electron chi connectivity index (χ2n) is 14.6. The van der Waals surface area contributed by atoms with Crippen LogP contribution in [0.2, 0.25) is 0 Å². The van der Waals surface area contributed by atoms with Gasteiger partial charge in [-0.15, -0.1) is 0 Å². The minimum Gasteiger partial charge on any atom is -0.756 e. The first-order chi connectivity index (χ1) is 25.5. The Morgan fingerprint density at radius 1 is 0.585 bits per heavy atom. The number of phosphoric ester groups is 1. The number of rotatable bonds is 36. The lowest BCUT2D eigenvalue weighted by Crippen LogP contribution is -2.37. The fraction of sp³-hybridized carbons (Fsp3) is 0.721. The Kier molecular flexibility index (Phi) is 33.9. The van der Waals surface area contributed by atoms with Gasteiger partial charge in [-0.3, -0.25) is 14.2 Å². The van der Waals surface area contributed by atoms with Crippen LogP contribution in [0.25, 0.3) is 0 Å². The summed E-state index contributed by atoms with van der Waals surface area (Å²) in [5, 5.41) is 0. The van der Waals surface area contributed by atoms with E-state index in [0.29, 0.717) is 23.9 Å². The second kappa shape index (κ2) is 35.4. The van der Waals surface area contributed by atoms with Crippen LogP contribution in [0.3, 0.4) is 0 Å². The first-order valence-electron chi connectivity index (χ1n) is 20.5. The molecule has 0 aliphatic heterocycles. The van der Waals surface area contributed by atoms with Crippen LogP contribution < -0.4 is 4.89 Å². The molecule has 53 heavy (non-hydrogen) atoms. The molecule has 0 saturated heterocycles. The van der Waals surface area contributed by atoms with Crippen molar-refractivity contribution < 1.29 is 42.1 Å². The van der Waals surface area contributed by atoms with Gasteiger partial charge in [0.2, 0.25) is 0 Å². The number of unbranched alkanes of at least 4 members (excludes halogenated alkanes) is 12. The summed E-state index contributed by atoms with van der Waals surface area (Å²) in [7, 11) is 1.13. The number of ether oxygens (including phenoxy) is 2. The Hall–Kier alpha value is -2.29. The summed E-state index contributed by atoms with van der Waals surface area (Å²) in [6, 6.07) is 0. The zero-order valence-electron chi connectivity index (χ0n) is 34.2. The maximum atomic E-state index is 12.6. The molecule has 0 bridgehead atoms. The van der Waals surface area contributed by atoms with E-state index in [1.807, 2.05) is 21.1 Å². The summed E-state index contributed by atoms with van der Waals surface area (Å²) in [6.07, 6.45) is 41.0. The Morgan fingerprint density at radius 2 is 1.06 bits per heavy atom. The highest BCUT2D eigenvalue weighted by atomic mass is 31.2. The lowest BCUT2D eigenvalue weighted by Gasteiger charge is -2.28. The largest absolute Gasteiger partial charge is 0.756 e. The van der Waals surface area contributed by atoms with Gasteiger partial charge in [0.25, 0.3) is 7.82 Å². The molecular formula is C43H76NO8P. The predicted octanol–water partition coefficient (Wildman–Crippen LogP) is 10.7. The van der Waals surface area contributed by atoms with E-state index in [1.165, 1.54) is 25.7 Å². The zero-order valence-corrected chi connectivity index (χ0v) is 35.1. The van der Waals surface area contributed by atoms with Crippen LogP contribution in [-0.2, 0) is 32.7 Å². The summed E-state index contributed by atoms with van der Waals surface area (Å²) in [5.41, 5.74) is 0. The Morgan fingerprint density at radius 3 is 1.62 bits per heavy atom. The van der Waals surface area contributed by atoms with Gasteiger partial charge in [0.15, 0.2) is 6.10 Å². The van der Waals surface area contributed by atoms with Crippen molar-refractivity contribution in [3.8, 4) is 0 Å². The fourth-order valence-electron chi connectivity index (χ4n) is 4.99. The van der Waals surface area contributed by atoms with Crippen molar-refractivity contribution in [1.82, 2.24) is 0 Å². The predicted molar refractivity (Wildman–Crippen MR) is 217 cm³/mol. The molecule has 0 radical (unpaired) electrons. The molecule has 306 valence electrons. The minimum atomic E-state index is -4.63. The van der Waals surface area contributed by atoms with Crippen molar-refractivity contribution in [2.75, 3.05) is 47.5 Å². The number of phosphoric acid groups is 1. The van der Waals surface area contributed by atoms with E-state index in [2.05, 4.69) is 74.6 Å². The summed E-state index contributed by atoms with van der Waals surface area (Å²) in [6.45, 7) is 4.06. The minimum absolute atomic E-state index is 0.0412. The quantitative estimate of drug-likeness (QED) is 0.0204. The van der Waals surface area contributed by atoms with Crippen molar-refractivity contribution in [3.05, 3.63) is 60.8 Å². The third-order valence-corrected chi connectivity index (χ3v) is 9.21. The van der Waals surface area contributed by atoms with Gasteiger partial charge in [-0.25, -0.2) is 0 Å². The van der Waals surface area contributed by atoms with Crippen molar-refractivity contribution in [3.63, 3.8) is 0 Å². The molecule has 1 unspecified atom stereocenters. The van der Waals surface area contributed by atoms with Crippen molar-refractivity contribution >= 4 is 19.8 Å². The van der Waals surface area contributed by atoms with E-state index in [9.17, 15) is 19.0 Å². The van der Waals surface area contributed by atoms with E-state index >= 15 is 0 Å². The van der Waals surface area contributed by atoms with Crippen LogP contribution in [-0.4, -0.2) is 70.0 Å². The van der Waals surface area contributed by atoms with Crippen LogP contribution >= 0.6 is 7.82 Å². The first-order valence-corrected chi connectivity index (χ1v) is 22.0. The third-order valence-electron chi connectivity index (χ3n) is 8.24. The highest BCUT2D eigenvalue weighted by Gasteiger charge is 2.21. The van der Waals surface area contributed by atoms with Gasteiger partial charge in [-0.2, -0.15) is 0 Å². The van der Waals surface area contributed by atoms with Crippen molar-refractivity contribution in [1.29, 1.82) is 0 Å². The summed E-state index contributed by atoms with van der Waals surface area (Å²) >= 11 is 0. The summed E-state index contributed by atoms with van der Waals surface area (Å²) in [4.78, 5) is 37.4. The lowest BCUT2D eigenvalue weighted by molar-refractivity contribution is -0.870. The number of carbonyl (C=O) groups excluding carboxylic acids is 2. The molecule has 0 spiro atoms. The highest BCUT2D eigenvalue weighted by molar-refractivity contribution is 7.45. The number of allylic oxidation sites excluding steroid dienone is 10. The van der Waals surface area contributed by atoms with Gasteiger partial charge in [0.1, 0.15) is 19.8 Å². The van der Waals surface area contributed by atoms with Gasteiger partial charge < -0.3 is 27.9 Å². The maximum Gasteiger partial charge on any atom is 0.306 e. The van der Waals surface area contributed by atoms with Crippen molar-refractivity contribution in [2.24, 2.45) is 0 Å². The second-order valence-corrected chi connectivity index (χ2v) is 16.1. The van der Waals surface area contributed by atoms with E-state index < -0.39 is 32.5 Å². The molecule has 0 N–H and O–H groups in total. The van der Waals surface area contributed by atoms with Crippen molar-refractivity contribution in [2.45, 2.75) is 155 Å². The first kappa shape index (κ1) is 50.7. The smallest absolute Gasteiger partial charge is 0.306 e. The van der Waals surface area contributed by atoms with Crippen LogP contribution in [0.4, 0.5) is 0 Å². The van der Waals surface area contributed by atoms with Gasteiger partial charge in [-0.1, -0.05) is 120 Å². The normalized spacial score (nSPS) is 14.3. The number of nitrogens with zero attached hydrogens (tertiary/aromatic N) is 1. The Bertz CT molecular complexity index is 1090. The number of quaternary nitrogens is 1. The number of hydrogen-bond acceptors (Lipinski definition) is 8. The molecule has 0 aromatic heterocycles. The van der Waals surface area contributed by atoms with Crippen LogP contribution in [0, 0.1) is 0 Å². The Labute approximate surface area is 324 Å².